The number of thiazole rings is 1. The van der Waals surface area contributed by atoms with Gasteiger partial charge in [0.1, 0.15) is 11.7 Å². The quantitative estimate of drug-likeness (QED) is 0.905. The van der Waals surface area contributed by atoms with Crippen LogP contribution in [-0.4, -0.2) is 23.2 Å². The predicted octanol–water partition coefficient (Wildman–Crippen LogP) is 3.01. The molecular weight excluding hydrogens is 276 g/mol. The van der Waals surface area contributed by atoms with E-state index in [0.717, 1.165) is 22.7 Å². The van der Waals surface area contributed by atoms with Gasteiger partial charge in [0.2, 0.25) is 0 Å². The highest BCUT2D eigenvalue weighted by Gasteiger charge is 2.32. The summed E-state index contributed by atoms with van der Waals surface area (Å²) in [5.74, 6) is -0.523. The molecular formula is C14H14N2O3S. The molecule has 0 radical (unpaired) electrons. The molecule has 1 heterocycles. The fourth-order valence-electron chi connectivity index (χ4n) is 2.38. The fourth-order valence-corrected chi connectivity index (χ4v) is 3.43. The number of rotatable bonds is 4. The Labute approximate surface area is 120 Å². The van der Waals surface area contributed by atoms with Crippen molar-refractivity contribution in [2.45, 2.75) is 18.8 Å². The van der Waals surface area contributed by atoms with Gasteiger partial charge in [-0.05, 0) is 25.0 Å². The number of nitrogens with zero attached hydrogens (tertiary/aromatic N) is 1. The second-order valence-corrected chi connectivity index (χ2v) is 5.67. The molecule has 1 aromatic carbocycles. The number of ether oxygens (including phenoxy) is 1. The lowest BCUT2D eigenvalue weighted by atomic mass is 10.1. The summed E-state index contributed by atoms with van der Waals surface area (Å²) in [6, 6.07) is 7.57. The van der Waals surface area contributed by atoms with Crippen molar-refractivity contribution in [2.24, 2.45) is 0 Å². The topological polar surface area (TPSA) is 71.5 Å². The molecule has 5 nitrogen and oxygen atoms in total. The summed E-state index contributed by atoms with van der Waals surface area (Å²) < 4.78 is 5.27. The molecule has 0 aliphatic heterocycles. The van der Waals surface area contributed by atoms with Crippen LogP contribution in [-0.2, 0) is 11.2 Å². The molecule has 0 saturated carbocycles. The molecule has 2 N–H and O–H groups in total. The molecule has 1 aliphatic carbocycles. The van der Waals surface area contributed by atoms with E-state index in [-0.39, 0.29) is 0 Å². The average molecular weight is 290 g/mol. The predicted molar refractivity (Wildman–Crippen MR) is 77.1 cm³/mol. The molecule has 0 amide bonds. The number of hydrogen-bond donors (Lipinski definition) is 2. The maximum atomic E-state index is 11.2. The number of benzene rings is 1. The first kappa shape index (κ1) is 12.9. The van der Waals surface area contributed by atoms with E-state index in [1.165, 1.54) is 11.3 Å². The molecule has 1 atom stereocenters. The van der Waals surface area contributed by atoms with Crippen LogP contribution in [0.5, 0.6) is 5.75 Å². The molecule has 20 heavy (non-hydrogen) atoms. The van der Waals surface area contributed by atoms with E-state index in [1.54, 1.807) is 7.11 Å². The van der Waals surface area contributed by atoms with Crippen LogP contribution >= 0.6 is 11.3 Å². The van der Waals surface area contributed by atoms with Gasteiger partial charge in [0, 0.05) is 4.88 Å². The van der Waals surface area contributed by atoms with Gasteiger partial charge in [-0.3, -0.25) is 4.79 Å². The van der Waals surface area contributed by atoms with Gasteiger partial charge >= 0.3 is 5.97 Å². The van der Waals surface area contributed by atoms with Crippen LogP contribution in [0.3, 0.4) is 0 Å². The van der Waals surface area contributed by atoms with E-state index >= 15 is 0 Å². The van der Waals surface area contributed by atoms with E-state index in [0.29, 0.717) is 17.2 Å². The summed E-state index contributed by atoms with van der Waals surface area (Å²) in [7, 11) is 1.61. The second-order valence-electron chi connectivity index (χ2n) is 4.58. The molecule has 3 rings (SSSR count). The number of aryl methyl sites for hydroxylation is 1. The Morgan fingerprint density at radius 3 is 3.05 bits per heavy atom. The Hall–Kier alpha value is -2.08. The number of carbonyl (C=O) groups is 1. The van der Waals surface area contributed by atoms with Crippen LogP contribution in [0.1, 0.15) is 22.9 Å². The number of hydrogen-bond acceptors (Lipinski definition) is 5. The maximum absolute atomic E-state index is 11.2. The Bertz CT molecular complexity index is 654. The van der Waals surface area contributed by atoms with Crippen LogP contribution in [0.4, 0.5) is 10.8 Å². The van der Waals surface area contributed by atoms with E-state index in [2.05, 4.69) is 10.3 Å². The fraction of sp³-hybridized carbons (Fsp3) is 0.286. The zero-order chi connectivity index (χ0) is 14.1. The monoisotopic (exact) mass is 290 g/mol. The Morgan fingerprint density at radius 2 is 2.30 bits per heavy atom. The minimum absolute atomic E-state index is 0.463. The number of aromatic nitrogens is 1. The minimum atomic E-state index is -0.794. The molecule has 0 bridgehead atoms. The zero-order valence-electron chi connectivity index (χ0n) is 10.9. The molecule has 6 heteroatoms. The molecule has 0 spiro atoms. The number of nitrogens with one attached hydrogen (secondary N) is 1. The van der Waals surface area contributed by atoms with Gasteiger partial charge in [-0.2, -0.15) is 0 Å². The van der Waals surface area contributed by atoms with E-state index in [1.807, 2.05) is 24.3 Å². The Balaban J connectivity index is 1.87. The smallest absolute Gasteiger partial charge is 0.312 e. The first-order chi connectivity index (χ1) is 9.69. The summed E-state index contributed by atoms with van der Waals surface area (Å²) in [6.07, 6.45) is 1.44. The van der Waals surface area contributed by atoms with Gasteiger partial charge in [-0.1, -0.05) is 12.1 Å². The molecule has 104 valence electrons. The third kappa shape index (κ3) is 2.22. The molecule has 1 aromatic heterocycles. The lowest BCUT2D eigenvalue weighted by Gasteiger charge is -2.08. The highest BCUT2D eigenvalue weighted by Crippen LogP contribution is 2.39. The Kier molecular flexibility index (Phi) is 3.31. The van der Waals surface area contributed by atoms with Crippen molar-refractivity contribution < 1.29 is 14.6 Å². The second kappa shape index (κ2) is 5.13. The van der Waals surface area contributed by atoms with Crippen molar-refractivity contribution >= 4 is 28.1 Å². The summed E-state index contributed by atoms with van der Waals surface area (Å²) in [5.41, 5.74) is 1.54. The lowest BCUT2D eigenvalue weighted by molar-refractivity contribution is -0.138. The van der Waals surface area contributed by atoms with Gasteiger partial charge in [0.05, 0.1) is 18.5 Å². The maximum Gasteiger partial charge on any atom is 0.312 e. The summed E-state index contributed by atoms with van der Waals surface area (Å²) in [4.78, 5) is 16.7. The first-order valence-electron chi connectivity index (χ1n) is 6.31. The van der Waals surface area contributed by atoms with E-state index in [4.69, 9.17) is 9.84 Å². The summed E-state index contributed by atoms with van der Waals surface area (Å²) in [5, 5.41) is 13.1. The summed E-state index contributed by atoms with van der Waals surface area (Å²) >= 11 is 1.52. The number of methoxy groups -OCH3 is 1. The van der Waals surface area contributed by atoms with Crippen LogP contribution in [0, 0.1) is 0 Å². The average Bonchev–Trinajstić information content (AvgIpc) is 2.98. The van der Waals surface area contributed by atoms with Gasteiger partial charge in [0.15, 0.2) is 5.13 Å². The van der Waals surface area contributed by atoms with Crippen molar-refractivity contribution in [1.29, 1.82) is 0 Å². The minimum Gasteiger partial charge on any atom is -0.495 e. The number of para-hydroxylation sites is 2. The van der Waals surface area contributed by atoms with Crippen molar-refractivity contribution in [2.75, 3.05) is 12.4 Å². The van der Waals surface area contributed by atoms with E-state index in [9.17, 15) is 4.79 Å². The highest BCUT2D eigenvalue weighted by atomic mass is 32.1. The van der Waals surface area contributed by atoms with Crippen LogP contribution in [0.15, 0.2) is 24.3 Å². The van der Waals surface area contributed by atoms with Gasteiger partial charge in [-0.25, -0.2) is 4.98 Å². The molecule has 2 aromatic rings. The van der Waals surface area contributed by atoms with Crippen LogP contribution < -0.4 is 10.1 Å². The lowest BCUT2D eigenvalue weighted by Crippen LogP contribution is -2.08. The standard InChI is InChI=1S/C14H14N2O3S/c1-19-10-5-3-2-4-9(10)15-14-16-12-8(13(17)18)6-7-11(12)20-14/h2-5,8H,6-7H2,1H3,(H,15,16)(H,17,18). The number of carboxylic acid groups (broad SMARTS) is 1. The van der Waals surface area contributed by atoms with Crippen LogP contribution in [0.25, 0.3) is 0 Å². The third-order valence-electron chi connectivity index (χ3n) is 3.36. The van der Waals surface area contributed by atoms with Crippen molar-refractivity contribution in [3.63, 3.8) is 0 Å². The highest BCUT2D eigenvalue weighted by molar-refractivity contribution is 7.15. The Morgan fingerprint density at radius 1 is 1.50 bits per heavy atom. The molecule has 1 aliphatic rings. The summed E-state index contributed by atoms with van der Waals surface area (Å²) in [6.45, 7) is 0. The molecule has 1 unspecified atom stereocenters. The largest absolute Gasteiger partial charge is 0.495 e. The normalized spacial score (nSPS) is 16.8. The number of anilines is 2. The third-order valence-corrected chi connectivity index (χ3v) is 4.41. The van der Waals surface area contributed by atoms with Crippen molar-refractivity contribution in [3.8, 4) is 5.75 Å². The molecule has 0 fully saturated rings. The first-order valence-corrected chi connectivity index (χ1v) is 7.13. The van der Waals surface area contributed by atoms with Crippen molar-refractivity contribution in [1.82, 2.24) is 4.98 Å². The van der Waals surface area contributed by atoms with Crippen molar-refractivity contribution in [3.05, 3.63) is 34.8 Å². The SMILES string of the molecule is COc1ccccc1Nc1nc2c(s1)CCC2C(=O)O. The zero-order valence-corrected chi connectivity index (χ0v) is 11.7. The number of aliphatic carboxylic acids is 1. The van der Waals surface area contributed by atoms with E-state index < -0.39 is 11.9 Å². The number of carboxylic acids is 1. The number of fused-ring (bicyclic) bond motifs is 1. The van der Waals surface area contributed by atoms with Gasteiger partial charge in [0.25, 0.3) is 0 Å². The molecule has 0 saturated heterocycles. The van der Waals surface area contributed by atoms with Crippen LogP contribution in [0.2, 0.25) is 0 Å². The van der Waals surface area contributed by atoms with Gasteiger partial charge in [-0.15, -0.1) is 11.3 Å². The van der Waals surface area contributed by atoms with Gasteiger partial charge < -0.3 is 15.2 Å².